The fourth-order valence-corrected chi connectivity index (χ4v) is 4.37. The summed E-state index contributed by atoms with van der Waals surface area (Å²) in [7, 11) is 0. The number of hydrogen-bond acceptors (Lipinski definition) is 4. The van der Waals surface area contributed by atoms with Crippen LogP contribution >= 0.6 is 11.6 Å². The van der Waals surface area contributed by atoms with Crippen LogP contribution in [0.25, 0.3) is 0 Å². The van der Waals surface area contributed by atoms with Gasteiger partial charge in [0.25, 0.3) is 5.91 Å². The molecule has 2 fully saturated rings. The highest BCUT2D eigenvalue weighted by Gasteiger charge is 2.24. The Morgan fingerprint density at radius 1 is 1.00 bits per heavy atom. The summed E-state index contributed by atoms with van der Waals surface area (Å²) in [4.78, 5) is 26.6. The minimum atomic E-state index is -1.10. The number of nitrogens with zero attached hydrogens (tertiary/aromatic N) is 1. The van der Waals surface area contributed by atoms with E-state index in [-0.39, 0.29) is 17.0 Å². The first-order valence-electron chi connectivity index (χ1n) is 11.5. The number of aliphatic carboxylic acids is 1. The Morgan fingerprint density at radius 3 is 2.30 bits per heavy atom. The van der Waals surface area contributed by atoms with Gasteiger partial charge in [0.2, 0.25) is 0 Å². The maximum absolute atomic E-state index is 12.5. The van der Waals surface area contributed by atoms with E-state index < -0.39 is 17.9 Å². The molecule has 1 amide bonds. The lowest BCUT2D eigenvalue weighted by atomic mass is 9.92. The molecule has 2 aromatic carbocycles. The quantitative estimate of drug-likeness (QED) is 0.531. The highest BCUT2D eigenvalue weighted by Crippen LogP contribution is 2.33. The van der Waals surface area contributed by atoms with Crippen molar-refractivity contribution in [2.75, 3.05) is 13.1 Å². The molecule has 4 rings (SSSR count). The molecule has 33 heavy (non-hydrogen) atoms. The van der Waals surface area contributed by atoms with Crippen molar-refractivity contribution in [2.24, 2.45) is 0 Å². The normalized spacial score (nSPS) is 16.5. The van der Waals surface area contributed by atoms with Crippen molar-refractivity contribution in [3.8, 4) is 5.75 Å². The molecule has 1 atom stereocenters. The summed E-state index contributed by atoms with van der Waals surface area (Å²) in [6, 6.07) is 12.9. The molecule has 2 aromatic rings. The fraction of sp³-hybridized carbons (Fsp3) is 0.385. The van der Waals surface area contributed by atoms with Gasteiger partial charge < -0.3 is 20.1 Å². The predicted molar refractivity (Wildman–Crippen MR) is 127 cm³/mol. The molecule has 0 spiro atoms. The lowest BCUT2D eigenvalue weighted by Gasteiger charge is -2.34. The number of allylic oxidation sites excluding steroid dienone is 1. The van der Waals surface area contributed by atoms with Crippen molar-refractivity contribution in [3.63, 3.8) is 0 Å². The molecule has 1 saturated heterocycles. The molecule has 174 valence electrons. The summed E-state index contributed by atoms with van der Waals surface area (Å²) in [6.07, 6.45) is 7.21. The highest BCUT2D eigenvalue weighted by molar-refractivity contribution is 6.33. The van der Waals surface area contributed by atoms with Crippen LogP contribution in [-0.4, -0.2) is 41.0 Å². The number of rotatable bonds is 8. The molecule has 2 N–H and O–H groups in total. The van der Waals surface area contributed by atoms with Crippen molar-refractivity contribution >= 4 is 23.5 Å². The number of amides is 1. The molecular weight excluding hydrogens is 440 g/mol. The van der Waals surface area contributed by atoms with Crippen LogP contribution in [0.3, 0.4) is 0 Å². The molecular formula is C26H29ClN2O4. The van der Waals surface area contributed by atoms with Gasteiger partial charge in [0.15, 0.2) is 5.88 Å². The predicted octanol–water partition coefficient (Wildman–Crippen LogP) is 5.03. The zero-order valence-electron chi connectivity index (χ0n) is 18.6. The summed E-state index contributed by atoms with van der Waals surface area (Å²) in [6.45, 7) is 2.06. The lowest BCUT2D eigenvalue weighted by molar-refractivity contribution is -0.139. The van der Waals surface area contributed by atoms with Crippen LogP contribution in [0.5, 0.6) is 5.75 Å². The SMILES string of the molecule is O=C(NC(Cc1ccc(OC(=C2CCC2)N2CCCCC2)cc1)C(=O)O)c1ccccc1Cl. The number of hydrogen-bond donors (Lipinski definition) is 2. The summed E-state index contributed by atoms with van der Waals surface area (Å²) < 4.78 is 6.31. The molecule has 0 aromatic heterocycles. The second kappa shape index (κ2) is 10.8. The average Bonchev–Trinajstić information content (AvgIpc) is 2.79. The van der Waals surface area contributed by atoms with Crippen LogP contribution < -0.4 is 10.1 Å². The van der Waals surface area contributed by atoms with Gasteiger partial charge in [-0.15, -0.1) is 0 Å². The Hall–Kier alpha value is -2.99. The number of carboxylic acids is 1. The third kappa shape index (κ3) is 5.88. The number of halogens is 1. The highest BCUT2D eigenvalue weighted by atomic mass is 35.5. The van der Waals surface area contributed by atoms with Crippen molar-refractivity contribution in [1.82, 2.24) is 10.2 Å². The molecule has 0 radical (unpaired) electrons. The molecule has 1 aliphatic carbocycles. The molecule has 1 saturated carbocycles. The molecule has 1 heterocycles. The number of carbonyl (C=O) groups excluding carboxylic acids is 1. The minimum Gasteiger partial charge on any atom is -0.480 e. The summed E-state index contributed by atoms with van der Waals surface area (Å²) in [5.41, 5.74) is 2.43. The maximum atomic E-state index is 12.5. The first-order chi connectivity index (χ1) is 16.0. The number of ether oxygens (including phenoxy) is 1. The number of carbonyl (C=O) groups is 2. The molecule has 0 bridgehead atoms. The third-order valence-electron chi connectivity index (χ3n) is 6.20. The summed E-state index contributed by atoms with van der Waals surface area (Å²) in [5.74, 6) is 0.138. The third-order valence-corrected chi connectivity index (χ3v) is 6.53. The van der Waals surface area contributed by atoms with Gasteiger partial charge in [-0.2, -0.15) is 0 Å². The van der Waals surface area contributed by atoms with Gasteiger partial charge in [-0.1, -0.05) is 35.9 Å². The van der Waals surface area contributed by atoms with E-state index in [1.165, 1.54) is 31.3 Å². The monoisotopic (exact) mass is 468 g/mol. The zero-order valence-corrected chi connectivity index (χ0v) is 19.3. The maximum Gasteiger partial charge on any atom is 0.326 e. The molecule has 7 heteroatoms. The van der Waals surface area contributed by atoms with Gasteiger partial charge in [0, 0.05) is 19.5 Å². The minimum absolute atomic E-state index is 0.159. The topological polar surface area (TPSA) is 78.9 Å². The van der Waals surface area contributed by atoms with Gasteiger partial charge >= 0.3 is 5.97 Å². The van der Waals surface area contributed by atoms with E-state index in [2.05, 4.69) is 10.2 Å². The second-order valence-electron chi connectivity index (χ2n) is 8.60. The summed E-state index contributed by atoms with van der Waals surface area (Å²) in [5, 5.41) is 12.5. The van der Waals surface area contributed by atoms with E-state index in [4.69, 9.17) is 16.3 Å². The average molecular weight is 469 g/mol. The van der Waals surface area contributed by atoms with Crippen LogP contribution in [-0.2, 0) is 11.2 Å². The Labute approximate surface area is 199 Å². The molecule has 6 nitrogen and oxygen atoms in total. The smallest absolute Gasteiger partial charge is 0.326 e. The first-order valence-corrected chi connectivity index (χ1v) is 11.9. The number of benzene rings is 2. The first kappa shape index (κ1) is 23.2. The number of likely N-dealkylation sites (tertiary alicyclic amines) is 1. The summed E-state index contributed by atoms with van der Waals surface area (Å²) >= 11 is 6.06. The Balaban J connectivity index is 1.41. The van der Waals surface area contributed by atoms with Gasteiger partial charge in [-0.05, 0) is 73.9 Å². The van der Waals surface area contributed by atoms with E-state index in [1.807, 2.05) is 24.3 Å². The van der Waals surface area contributed by atoms with Crippen LogP contribution in [0, 0.1) is 0 Å². The van der Waals surface area contributed by atoms with E-state index in [9.17, 15) is 14.7 Å². The van der Waals surface area contributed by atoms with Crippen LogP contribution in [0.2, 0.25) is 5.02 Å². The van der Waals surface area contributed by atoms with E-state index >= 15 is 0 Å². The van der Waals surface area contributed by atoms with Gasteiger partial charge in [0.05, 0.1) is 10.6 Å². The molecule has 1 unspecified atom stereocenters. The number of carboxylic acid groups (broad SMARTS) is 1. The fourth-order valence-electron chi connectivity index (χ4n) is 4.15. The van der Waals surface area contributed by atoms with Gasteiger partial charge in [0.1, 0.15) is 11.8 Å². The van der Waals surface area contributed by atoms with Crippen molar-refractivity contribution in [3.05, 3.63) is 76.1 Å². The van der Waals surface area contributed by atoms with E-state index in [1.54, 1.807) is 24.3 Å². The number of nitrogens with one attached hydrogen (secondary N) is 1. The second-order valence-corrected chi connectivity index (χ2v) is 9.01. The Kier molecular flexibility index (Phi) is 7.55. The Morgan fingerprint density at radius 2 is 1.70 bits per heavy atom. The molecule has 2 aliphatic rings. The lowest BCUT2D eigenvalue weighted by Crippen LogP contribution is -2.42. The largest absolute Gasteiger partial charge is 0.480 e. The van der Waals surface area contributed by atoms with Crippen LogP contribution in [0.4, 0.5) is 0 Å². The van der Waals surface area contributed by atoms with E-state index in [0.29, 0.717) is 0 Å². The van der Waals surface area contributed by atoms with Gasteiger partial charge in [-0.3, -0.25) is 4.79 Å². The van der Waals surface area contributed by atoms with E-state index in [0.717, 1.165) is 43.1 Å². The van der Waals surface area contributed by atoms with Crippen molar-refractivity contribution < 1.29 is 19.4 Å². The zero-order chi connectivity index (χ0) is 23.2. The van der Waals surface area contributed by atoms with Gasteiger partial charge in [-0.25, -0.2) is 4.79 Å². The Bertz CT molecular complexity index is 1020. The van der Waals surface area contributed by atoms with Crippen LogP contribution in [0.1, 0.15) is 54.4 Å². The van der Waals surface area contributed by atoms with Crippen molar-refractivity contribution in [1.29, 1.82) is 0 Å². The van der Waals surface area contributed by atoms with Crippen LogP contribution in [0.15, 0.2) is 60.0 Å². The standard InChI is InChI=1S/C26H29ClN2O4/c27-22-10-3-2-9-21(22)24(30)28-23(26(31)32)17-18-11-13-20(14-12-18)33-25(19-7-6-8-19)29-15-4-1-5-16-29/h2-3,9-14,23H,1,4-8,15-17H2,(H,28,30)(H,31,32). The molecule has 1 aliphatic heterocycles. The van der Waals surface area contributed by atoms with Crippen molar-refractivity contribution in [2.45, 2.75) is 51.0 Å². The number of piperidine rings is 1.